The van der Waals surface area contributed by atoms with Crippen molar-refractivity contribution in [2.45, 2.75) is 63.1 Å². The molecule has 154 valence electrons. The molecule has 2 saturated heterocycles. The number of benzene rings is 1. The normalized spacial score (nSPS) is 29.7. The minimum Gasteiger partial charge on any atom is -0.365 e. The van der Waals surface area contributed by atoms with Crippen LogP contribution >= 0.6 is 0 Å². The molecule has 0 bridgehead atoms. The molecule has 1 amide bonds. The Morgan fingerprint density at radius 1 is 1.14 bits per heavy atom. The number of amides is 1. The Labute approximate surface area is 164 Å². The molecule has 1 aliphatic carbocycles. The quantitative estimate of drug-likeness (QED) is 0.720. The van der Waals surface area contributed by atoms with Crippen LogP contribution in [0, 0.1) is 11.8 Å². The smallest absolute Gasteiger partial charge is 0.365 e. The Bertz CT molecular complexity index is 713. The van der Waals surface area contributed by atoms with Crippen LogP contribution in [0.15, 0.2) is 24.3 Å². The van der Waals surface area contributed by atoms with Crippen molar-refractivity contribution in [1.29, 1.82) is 0 Å². The first kappa shape index (κ1) is 19.7. The van der Waals surface area contributed by atoms with Crippen molar-refractivity contribution in [2.24, 2.45) is 11.8 Å². The molecule has 6 heteroatoms. The van der Waals surface area contributed by atoms with Gasteiger partial charge in [0.25, 0.3) is 5.91 Å². The van der Waals surface area contributed by atoms with E-state index in [0.717, 1.165) is 37.3 Å². The van der Waals surface area contributed by atoms with E-state index in [1.54, 1.807) is 6.07 Å². The summed E-state index contributed by atoms with van der Waals surface area (Å²) in [6.45, 7) is 3.98. The SMILES string of the molecule is CC1CC[C@@](C(=O)N2CCC(c3cccc(C(F)(F)F)c3)CC2)(C2CC2)OC1. The van der Waals surface area contributed by atoms with E-state index in [4.69, 9.17) is 4.74 Å². The third kappa shape index (κ3) is 3.80. The lowest BCUT2D eigenvalue weighted by atomic mass is 9.83. The zero-order chi connectivity index (χ0) is 19.9. The summed E-state index contributed by atoms with van der Waals surface area (Å²) in [7, 11) is 0. The first-order valence-electron chi connectivity index (χ1n) is 10.4. The first-order valence-corrected chi connectivity index (χ1v) is 10.4. The summed E-state index contributed by atoms with van der Waals surface area (Å²) in [5.41, 5.74) is -0.516. The highest BCUT2D eigenvalue weighted by molar-refractivity contribution is 5.86. The highest BCUT2D eigenvalue weighted by Gasteiger charge is 2.55. The summed E-state index contributed by atoms with van der Waals surface area (Å²) in [4.78, 5) is 15.2. The number of alkyl halides is 3. The van der Waals surface area contributed by atoms with Gasteiger partial charge in [0.05, 0.1) is 12.2 Å². The second-order valence-corrected chi connectivity index (χ2v) is 8.81. The Morgan fingerprint density at radius 2 is 1.86 bits per heavy atom. The first-order chi connectivity index (χ1) is 13.3. The van der Waals surface area contributed by atoms with Crippen molar-refractivity contribution in [2.75, 3.05) is 19.7 Å². The fourth-order valence-corrected chi connectivity index (χ4v) is 4.77. The van der Waals surface area contributed by atoms with E-state index in [9.17, 15) is 18.0 Å². The van der Waals surface area contributed by atoms with Crippen molar-refractivity contribution in [3.63, 3.8) is 0 Å². The number of rotatable bonds is 3. The van der Waals surface area contributed by atoms with Gasteiger partial charge in [-0.15, -0.1) is 0 Å². The lowest BCUT2D eigenvalue weighted by Crippen LogP contribution is -2.56. The summed E-state index contributed by atoms with van der Waals surface area (Å²) < 4.78 is 45.1. The maximum Gasteiger partial charge on any atom is 0.416 e. The summed E-state index contributed by atoms with van der Waals surface area (Å²) in [6, 6.07) is 5.63. The lowest BCUT2D eigenvalue weighted by molar-refractivity contribution is -0.174. The van der Waals surface area contributed by atoms with Crippen molar-refractivity contribution in [1.82, 2.24) is 4.90 Å². The third-order valence-electron chi connectivity index (χ3n) is 6.70. The van der Waals surface area contributed by atoms with Crippen molar-refractivity contribution in [3.8, 4) is 0 Å². The van der Waals surface area contributed by atoms with Crippen molar-refractivity contribution < 1.29 is 22.7 Å². The molecular weight excluding hydrogens is 367 g/mol. The van der Waals surface area contributed by atoms with Crippen LogP contribution in [0.4, 0.5) is 13.2 Å². The molecule has 3 nitrogen and oxygen atoms in total. The van der Waals surface area contributed by atoms with Gasteiger partial charge in [-0.25, -0.2) is 0 Å². The molecule has 4 rings (SSSR count). The zero-order valence-electron chi connectivity index (χ0n) is 16.3. The standard InChI is InChI=1S/C22H28F3NO2/c1-15-7-10-21(28-14-15,18-5-6-18)20(27)26-11-8-16(9-12-26)17-3-2-4-19(13-17)22(23,24)25/h2-4,13,15-16,18H,5-12,14H2,1H3/t15?,21-/m0/s1. The molecule has 1 aromatic rings. The Morgan fingerprint density at radius 3 is 2.43 bits per heavy atom. The summed E-state index contributed by atoms with van der Waals surface area (Å²) in [6.07, 6.45) is 1.00. The van der Waals surface area contributed by atoms with E-state index < -0.39 is 17.3 Å². The Kier molecular flexibility index (Phi) is 5.19. The van der Waals surface area contributed by atoms with Crippen LogP contribution in [0.5, 0.6) is 0 Å². The number of hydrogen-bond acceptors (Lipinski definition) is 2. The molecule has 1 saturated carbocycles. The van der Waals surface area contributed by atoms with Gasteiger partial charge in [0.1, 0.15) is 5.60 Å². The maximum absolute atomic E-state index is 13.3. The molecule has 2 heterocycles. The molecule has 0 aromatic heterocycles. The molecule has 1 aromatic carbocycles. The number of halogens is 3. The van der Waals surface area contributed by atoms with Gasteiger partial charge in [-0.2, -0.15) is 13.2 Å². The molecule has 0 spiro atoms. The molecule has 3 aliphatic rings. The minimum absolute atomic E-state index is 0.0653. The van der Waals surface area contributed by atoms with Gasteiger partial charge in [-0.3, -0.25) is 4.79 Å². The summed E-state index contributed by atoms with van der Waals surface area (Å²) in [5, 5.41) is 0. The van der Waals surface area contributed by atoms with Crippen LogP contribution < -0.4 is 0 Å². The second-order valence-electron chi connectivity index (χ2n) is 8.81. The molecule has 1 unspecified atom stereocenters. The molecular formula is C22H28F3NO2. The van der Waals surface area contributed by atoms with Crippen molar-refractivity contribution in [3.05, 3.63) is 35.4 Å². The Balaban J connectivity index is 1.42. The largest absolute Gasteiger partial charge is 0.416 e. The maximum atomic E-state index is 13.3. The van der Waals surface area contributed by atoms with E-state index in [2.05, 4.69) is 6.92 Å². The van der Waals surface area contributed by atoms with Crippen LogP contribution in [-0.2, 0) is 15.7 Å². The molecule has 0 radical (unpaired) electrons. The topological polar surface area (TPSA) is 29.5 Å². The number of likely N-dealkylation sites (tertiary alicyclic amines) is 1. The van der Waals surface area contributed by atoms with Crippen LogP contribution in [0.1, 0.15) is 62.5 Å². The highest BCUT2D eigenvalue weighted by atomic mass is 19.4. The minimum atomic E-state index is -4.32. The van der Waals surface area contributed by atoms with Crippen LogP contribution in [0.2, 0.25) is 0 Å². The predicted molar refractivity (Wildman–Crippen MR) is 99.8 cm³/mol. The third-order valence-corrected chi connectivity index (χ3v) is 6.70. The van der Waals surface area contributed by atoms with Gasteiger partial charge < -0.3 is 9.64 Å². The van der Waals surface area contributed by atoms with Crippen LogP contribution in [-0.4, -0.2) is 36.1 Å². The number of carbonyl (C=O) groups excluding carboxylic acids is 1. The number of carbonyl (C=O) groups is 1. The summed E-state index contributed by atoms with van der Waals surface area (Å²) in [5.74, 6) is 1.01. The molecule has 3 fully saturated rings. The van der Waals surface area contributed by atoms with Gasteiger partial charge in [0.2, 0.25) is 0 Å². The lowest BCUT2D eigenvalue weighted by Gasteiger charge is -2.43. The van der Waals surface area contributed by atoms with E-state index in [1.807, 2.05) is 4.90 Å². The molecule has 2 aliphatic heterocycles. The highest BCUT2D eigenvalue weighted by Crippen LogP contribution is 2.48. The zero-order valence-corrected chi connectivity index (χ0v) is 16.3. The van der Waals surface area contributed by atoms with Gasteiger partial charge in [-0.05, 0) is 67.9 Å². The van der Waals surface area contributed by atoms with Gasteiger partial charge in [0.15, 0.2) is 0 Å². The predicted octanol–water partition coefficient (Wildman–Crippen LogP) is 5.01. The summed E-state index contributed by atoms with van der Waals surface area (Å²) >= 11 is 0. The van der Waals surface area contributed by atoms with Crippen LogP contribution in [0.3, 0.4) is 0 Å². The van der Waals surface area contributed by atoms with E-state index in [1.165, 1.54) is 12.1 Å². The van der Waals surface area contributed by atoms with E-state index in [0.29, 0.717) is 44.4 Å². The Hall–Kier alpha value is -1.56. The fraction of sp³-hybridized carbons (Fsp3) is 0.682. The van der Waals surface area contributed by atoms with E-state index in [-0.39, 0.29) is 11.8 Å². The average molecular weight is 395 g/mol. The molecule has 0 N–H and O–H groups in total. The fourth-order valence-electron chi connectivity index (χ4n) is 4.77. The number of hydrogen-bond donors (Lipinski definition) is 0. The molecule has 2 atom stereocenters. The average Bonchev–Trinajstić information content (AvgIpc) is 3.54. The van der Waals surface area contributed by atoms with Crippen LogP contribution in [0.25, 0.3) is 0 Å². The van der Waals surface area contributed by atoms with E-state index >= 15 is 0 Å². The van der Waals surface area contributed by atoms with Gasteiger partial charge in [-0.1, -0.05) is 25.1 Å². The van der Waals surface area contributed by atoms with Crippen molar-refractivity contribution >= 4 is 5.91 Å². The molecule has 28 heavy (non-hydrogen) atoms. The monoisotopic (exact) mass is 395 g/mol. The number of piperidine rings is 1. The van der Waals surface area contributed by atoms with Gasteiger partial charge in [0, 0.05) is 13.1 Å². The van der Waals surface area contributed by atoms with Gasteiger partial charge >= 0.3 is 6.18 Å². The number of ether oxygens (including phenoxy) is 1. The second kappa shape index (κ2) is 7.36. The number of nitrogens with zero attached hydrogens (tertiary/aromatic N) is 1.